The molecule has 0 atom stereocenters. The van der Waals surface area contributed by atoms with E-state index in [0.717, 1.165) is 42.7 Å². The third kappa shape index (κ3) is 6.57. The molecule has 1 amide bonds. The maximum atomic E-state index is 13.2. The van der Waals surface area contributed by atoms with Crippen molar-refractivity contribution >= 4 is 11.7 Å². The van der Waals surface area contributed by atoms with Crippen LogP contribution < -0.4 is 20.9 Å². The van der Waals surface area contributed by atoms with E-state index < -0.39 is 0 Å². The summed E-state index contributed by atoms with van der Waals surface area (Å²) in [4.78, 5) is 32.4. The van der Waals surface area contributed by atoms with Crippen molar-refractivity contribution in [3.05, 3.63) is 81.9 Å². The fourth-order valence-corrected chi connectivity index (χ4v) is 4.61. The zero-order valence-electron chi connectivity index (χ0n) is 21.4. The van der Waals surface area contributed by atoms with Gasteiger partial charge in [-0.2, -0.15) is 0 Å². The number of likely N-dealkylation sites (tertiary alicyclic amines) is 1. The van der Waals surface area contributed by atoms with E-state index in [9.17, 15) is 9.59 Å². The van der Waals surface area contributed by atoms with Crippen LogP contribution in [-0.2, 0) is 6.42 Å². The number of rotatable bonds is 11. The molecule has 2 aliphatic rings. The Morgan fingerprint density at radius 2 is 1.89 bits per heavy atom. The highest BCUT2D eigenvalue weighted by Gasteiger charge is 2.24. The topological polar surface area (TPSA) is 88.5 Å². The summed E-state index contributed by atoms with van der Waals surface area (Å²) >= 11 is 0. The Morgan fingerprint density at radius 1 is 1.11 bits per heavy atom. The smallest absolute Gasteiger partial charge is 0.297 e. The van der Waals surface area contributed by atoms with E-state index in [0.29, 0.717) is 24.4 Å². The summed E-state index contributed by atoms with van der Waals surface area (Å²) in [5.74, 6) is 1.07. The largest absolute Gasteiger partial charge is 0.492 e. The molecule has 2 aromatic carbocycles. The van der Waals surface area contributed by atoms with Crippen molar-refractivity contribution in [2.75, 3.05) is 38.1 Å². The van der Waals surface area contributed by atoms with Crippen molar-refractivity contribution in [2.45, 2.75) is 45.1 Å². The van der Waals surface area contributed by atoms with Gasteiger partial charge in [0, 0.05) is 37.1 Å². The second-order valence-electron chi connectivity index (χ2n) is 9.92. The van der Waals surface area contributed by atoms with Gasteiger partial charge in [0.25, 0.3) is 11.5 Å². The number of aryl methyl sites for hydroxylation is 1. The molecule has 1 saturated carbocycles. The Hall–Kier alpha value is -3.65. The quantitative estimate of drug-likeness (QED) is 0.418. The van der Waals surface area contributed by atoms with Gasteiger partial charge < -0.3 is 15.4 Å². The Kier molecular flexibility index (Phi) is 7.84. The van der Waals surface area contributed by atoms with Gasteiger partial charge in [-0.05, 0) is 87.5 Å². The van der Waals surface area contributed by atoms with Gasteiger partial charge in [0.1, 0.15) is 12.4 Å². The van der Waals surface area contributed by atoms with E-state index in [1.165, 1.54) is 25.9 Å². The van der Waals surface area contributed by atoms with E-state index in [4.69, 9.17) is 4.74 Å². The molecule has 2 heterocycles. The number of ether oxygens (including phenoxy) is 1. The molecule has 1 aromatic heterocycles. The molecule has 8 nitrogen and oxygen atoms in total. The summed E-state index contributed by atoms with van der Waals surface area (Å²) in [6.07, 6.45) is 8.64. The van der Waals surface area contributed by atoms with Crippen LogP contribution in [0.1, 0.15) is 47.2 Å². The molecule has 0 unspecified atom stereocenters. The van der Waals surface area contributed by atoms with Gasteiger partial charge in [-0.1, -0.05) is 18.2 Å². The average molecular weight is 502 g/mol. The number of amides is 1. The third-order valence-electron chi connectivity index (χ3n) is 6.99. The highest BCUT2D eigenvalue weighted by Crippen LogP contribution is 2.21. The molecule has 37 heavy (non-hydrogen) atoms. The Bertz CT molecular complexity index is 1280. The van der Waals surface area contributed by atoms with Gasteiger partial charge in [0.05, 0.1) is 5.69 Å². The second kappa shape index (κ2) is 11.6. The summed E-state index contributed by atoms with van der Waals surface area (Å²) in [5, 5.41) is 6.18. The zero-order chi connectivity index (χ0) is 25.6. The number of nitrogens with zero attached hydrogens (tertiary/aromatic N) is 3. The van der Waals surface area contributed by atoms with Gasteiger partial charge in [0.2, 0.25) is 0 Å². The lowest BCUT2D eigenvalue weighted by Crippen LogP contribution is -2.27. The van der Waals surface area contributed by atoms with Crippen molar-refractivity contribution in [3.63, 3.8) is 0 Å². The van der Waals surface area contributed by atoms with Crippen LogP contribution in [0.15, 0.2) is 59.7 Å². The number of aromatic nitrogens is 2. The summed E-state index contributed by atoms with van der Waals surface area (Å²) in [6.45, 7) is 6.55. The standard InChI is InChI=1S/C29H35N5O3/c1-21-4-7-23(28(35)32-24-8-9-24)20-26(21)34-17-14-31-27(29(34)36)30-13-12-22-5-10-25(11-6-22)37-19-18-33-15-2-3-16-33/h4-7,10-11,14,17,20,24H,2-3,8-9,12-13,15-16,18-19H2,1H3,(H,30,31)(H,32,35). The molecular weight excluding hydrogens is 466 g/mol. The number of benzene rings is 2. The summed E-state index contributed by atoms with van der Waals surface area (Å²) < 4.78 is 7.43. The van der Waals surface area contributed by atoms with Crippen LogP contribution in [0.25, 0.3) is 5.69 Å². The number of carbonyl (C=O) groups is 1. The fraction of sp³-hybridized carbons (Fsp3) is 0.414. The van der Waals surface area contributed by atoms with Crippen molar-refractivity contribution in [3.8, 4) is 11.4 Å². The number of carbonyl (C=O) groups excluding carboxylic acids is 1. The molecule has 1 aliphatic carbocycles. The van der Waals surface area contributed by atoms with Crippen molar-refractivity contribution in [2.24, 2.45) is 0 Å². The van der Waals surface area contributed by atoms with E-state index in [1.54, 1.807) is 29.1 Å². The van der Waals surface area contributed by atoms with Crippen LogP contribution in [0.4, 0.5) is 5.82 Å². The van der Waals surface area contributed by atoms with Crippen molar-refractivity contribution in [1.29, 1.82) is 0 Å². The van der Waals surface area contributed by atoms with Gasteiger partial charge in [-0.15, -0.1) is 0 Å². The van der Waals surface area contributed by atoms with Crippen LogP contribution >= 0.6 is 0 Å². The molecule has 194 valence electrons. The predicted octanol–water partition coefficient (Wildman–Crippen LogP) is 3.56. The van der Waals surface area contributed by atoms with Crippen LogP contribution in [0.2, 0.25) is 0 Å². The monoisotopic (exact) mass is 501 g/mol. The molecule has 0 spiro atoms. The maximum absolute atomic E-state index is 13.2. The molecular formula is C29H35N5O3. The van der Waals surface area contributed by atoms with Crippen molar-refractivity contribution < 1.29 is 9.53 Å². The minimum absolute atomic E-state index is 0.104. The van der Waals surface area contributed by atoms with Gasteiger partial charge in [-0.3, -0.25) is 19.1 Å². The first-order chi connectivity index (χ1) is 18.1. The molecule has 5 rings (SSSR count). The second-order valence-corrected chi connectivity index (χ2v) is 9.92. The number of hydrogen-bond acceptors (Lipinski definition) is 6. The molecule has 1 saturated heterocycles. The lowest BCUT2D eigenvalue weighted by molar-refractivity contribution is 0.0951. The summed E-state index contributed by atoms with van der Waals surface area (Å²) in [5.41, 5.74) is 3.05. The van der Waals surface area contributed by atoms with Gasteiger partial charge in [0.15, 0.2) is 5.82 Å². The zero-order valence-corrected chi connectivity index (χ0v) is 21.4. The van der Waals surface area contributed by atoms with E-state index >= 15 is 0 Å². The van der Waals surface area contributed by atoms with Crippen LogP contribution in [0, 0.1) is 6.92 Å². The molecule has 3 aromatic rings. The third-order valence-corrected chi connectivity index (χ3v) is 6.99. The number of hydrogen-bond donors (Lipinski definition) is 2. The molecule has 0 bridgehead atoms. The van der Waals surface area contributed by atoms with Crippen LogP contribution in [0.3, 0.4) is 0 Å². The van der Waals surface area contributed by atoms with Gasteiger partial charge >= 0.3 is 0 Å². The minimum atomic E-state index is -0.243. The lowest BCUT2D eigenvalue weighted by Gasteiger charge is -2.15. The average Bonchev–Trinajstić information content (AvgIpc) is 3.57. The highest BCUT2D eigenvalue weighted by atomic mass is 16.5. The van der Waals surface area contributed by atoms with Crippen LogP contribution in [-0.4, -0.2) is 59.2 Å². The first kappa shape index (κ1) is 25.0. The number of nitrogens with one attached hydrogen (secondary N) is 2. The fourth-order valence-electron chi connectivity index (χ4n) is 4.61. The maximum Gasteiger partial charge on any atom is 0.297 e. The van der Waals surface area contributed by atoms with Gasteiger partial charge in [-0.25, -0.2) is 4.98 Å². The predicted molar refractivity (Wildman–Crippen MR) is 145 cm³/mol. The first-order valence-electron chi connectivity index (χ1n) is 13.2. The van der Waals surface area contributed by atoms with Crippen LogP contribution in [0.5, 0.6) is 5.75 Å². The van der Waals surface area contributed by atoms with E-state index in [2.05, 4.69) is 32.7 Å². The number of anilines is 1. The summed E-state index contributed by atoms with van der Waals surface area (Å²) in [7, 11) is 0. The van der Waals surface area contributed by atoms with E-state index in [-0.39, 0.29) is 23.3 Å². The Labute approximate surface area is 217 Å². The minimum Gasteiger partial charge on any atom is -0.492 e. The van der Waals surface area contributed by atoms with E-state index in [1.807, 2.05) is 25.1 Å². The molecule has 2 fully saturated rings. The Morgan fingerprint density at radius 3 is 2.65 bits per heavy atom. The molecule has 1 aliphatic heterocycles. The molecule has 2 N–H and O–H groups in total. The van der Waals surface area contributed by atoms with Crippen molar-refractivity contribution in [1.82, 2.24) is 19.8 Å². The highest BCUT2D eigenvalue weighted by molar-refractivity contribution is 5.95. The molecule has 0 radical (unpaired) electrons. The first-order valence-corrected chi connectivity index (χ1v) is 13.2. The normalized spacial score (nSPS) is 15.5. The lowest BCUT2D eigenvalue weighted by atomic mass is 10.1. The SMILES string of the molecule is Cc1ccc(C(=O)NC2CC2)cc1-n1ccnc(NCCc2ccc(OCCN3CCCC3)cc2)c1=O. The molecule has 8 heteroatoms. The summed E-state index contributed by atoms with van der Waals surface area (Å²) in [6, 6.07) is 13.8. The Balaban J connectivity index is 1.17.